The van der Waals surface area contributed by atoms with Crippen molar-refractivity contribution in [3.05, 3.63) is 16.8 Å². The molecule has 2 aromatic rings. The fourth-order valence-corrected chi connectivity index (χ4v) is 4.23. The molecule has 0 aromatic carbocycles. The van der Waals surface area contributed by atoms with Crippen LogP contribution in [0.2, 0.25) is 0 Å². The Balaban J connectivity index is 1.99. The zero-order chi connectivity index (χ0) is 17.1. The Hall–Kier alpha value is -1.69. The molecular formula is C18H26N4OS. The molecule has 0 saturated carbocycles. The SMILES string of the molecule is CCC(C)NC(=O)c1sc2ncnc(N3CCCCCC3)c2c1C. The average molecular weight is 347 g/mol. The molecule has 1 unspecified atom stereocenters. The number of nitrogens with zero attached hydrogens (tertiary/aromatic N) is 3. The number of hydrogen-bond donors (Lipinski definition) is 1. The molecule has 1 aliphatic rings. The molecule has 1 atom stereocenters. The second-order valence-corrected chi connectivity index (χ2v) is 7.62. The van der Waals surface area contributed by atoms with E-state index in [0.29, 0.717) is 0 Å². The summed E-state index contributed by atoms with van der Waals surface area (Å²) in [5.74, 6) is 1.00. The summed E-state index contributed by atoms with van der Waals surface area (Å²) in [6.45, 7) is 8.20. The van der Waals surface area contributed by atoms with E-state index in [2.05, 4.69) is 27.1 Å². The smallest absolute Gasteiger partial charge is 0.261 e. The third-order valence-corrected chi connectivity index (χ3v) is 6.01. The third kappa shape index (κ3) is 3.38. The van der Waals surface area contributed by atoms with Crippen molar-refractivity contribution in [1.82, 2.24) is 15.3 Å². The van der Waals surface area contributed by atoms with Crippen molar-refractivity contribution >= 4 is 33.3 Å². The zero-order valence-corrected chi connectivity index (χ0v) is 15.6. The van der Waals surface area contributed by atoms with Crippen LogP contribution in [0.15, 0.2) is 6.33 Å². The Bertz CT molecular complexity index is 719. The van der Waals surface area contributed by atoms with Crippen LogP contribution in [-0.2, 0) is 0 Å². The number of fused-ring (bicyclic) bond motifs is 1. The van der Waals surface area contributed by atoms with Gasteiger partial charge in [0.05, 0.1) is 10.3 Å². The number of aromatic nitrogens is 2. The zero-order valence-electron chi connectivity index (χ0n) is 14.8. The van der Waals surface area contributed by atoms with Gasteiger partial charge in [0.1, 0.15) is 17.0 Å². The first kappa shape index (κ1) is 17.1. The predicted octanol–water partition coefficient (Wildman–Crippen LogP) is 3.91. The van der Waals surface area contributed by atoms with Crippen molar-refractivity contribution in [3.63, 3.8) is 0 Å². The molecule has 6 heteroatoms. The van der Waals surface area contributed by atoms with Crippen LogP contribution in [0.25, 0.3) is 10.2 Å². The van der Waals surface area contributed by atoms with E-state index >= 15 is 0 Å². The number of amides is 1. The topological polar surface area (TPSA) is 58.1 Å². The van der Waals surface area contributed by atoms with Crippen LogP contribution in [0.5, 0.6) is 0 Å². The van der Waals surface area contributed by atoms with Crippen molar-refractivity contribution in [2.75, 3.05) is 18.0 Å². The summed E-state index contributed by atoms with van der Waals surface area (Å²) in [5, 5.41) is 4.12. The van der Waals surface area contributed by atoms with E-state index in [1.165, 1.54) is 37.0 Å². The fourth-order valence-electron chi connectivity index (χ4n) is 3.18. The standard InChI is InChI=1S/C18H26N4OS/c1-4-12(2)21-17(23)15-13(3)14-16(19-11-20-18(14)24-15)22-9-7-5-6-8-10-22/h11-12H,4-10H2,1-3H3,(H,21,23). The fraction of sp³-hybridized carbons (Fsp3) is 0.611. The van der Waals surface area contributed by atoms with E-state index in [1.807, 2.05) is 13.8 Å². The molecule has 24 heavy (non-hydrogen) atoms. The molecule has 0 aliphatic carbocycles. The van der Waals surface area contributed by atoms with Crippen molar-refractivity contribution < 1.29 is 4.79 Å². The molecular weight excluding hydrogens is 320 g/mol. The quantitative estimate of drug-likeness (QED) is 0.912. The molecule has 0 bridgehead atoms. The van der Waals surface area contributed by atoms with Gasteiger partial charge in [0.2, 0.25) is 0 Å². The summed E-state index contributed by atoms with van der Waals surface area (Å²) < 4.78 is 0. The normalized spacial score (nSPS) is 16.9. The largest absolute Gasteiger partial charge is 0.356 e. The van der Waals surface area contributed by atoms with Crippen molar-refractivity contribution in [1.29, 1.82) is 0 Å². The lowest BCUT2D eigenvalue weighted by Gasteiger charge is -2.22. The van der Waals surface area contributed by atoms with E-state index in [0.717, 1.165) is 46.0 Å². The highest BCUT2D eigenvalue weighted by atomic mass is 32.1. The van der Waals surface area contributed by atoms with Gasteiger partial charge in [0.25, 0.3) is 5.91 Å². The van der Waals surface area contributed by atoms with Gasteiger partial charge in [-0.15, -0.1) is 11.3 Å². The predicted molar refractivity (Wildman–Crippen MR) is 100 cm³/mol. The van der Waals surface area contributed by atoms with E-state index in [-0.39, 0.29) is 11.9 Å². The van der Waals surface area contributed by atoms with Crippen LogP contribution in [-0.4, -0.2) is 35.0 Å². The van der Waals surface area contributed by atoms with Crippen LogP contribution in [0, 0.1) is 6.92 Å². The van der Waals surface area contributed by atoms with Crippen LogP contribution >= 0.6 is 11.3 Å². The highest BCUT2D eigenvalue weighted by molar-refractivity contribution is 7.20. The molecule has 1 aliphatic heterocycles. The first-order valence-electron chi connectivity index (χ1n) is 8.91. The Labute approximate surface area is 147 Å². The van der Waals surface area contributed by atoms with Crippen molar-refractivity contribution in [2.24, 2.45) is 0 Å². The number of aryl methyl sites for hydroxylation is 1. The van der Waals surface area contributed by atoms with Gasteiger partial charge in [-0.3, -0.25) is 4.79 Å². The molecule has 2 aromatic heterocycles. The molecule has 130 valence electrons. The minimum atomic E-state index is 0.00617. The van der Waals surface area contributed by atoms with Gasteiger partial charge in [-0.1, -0.05) is 19.8 Å². The summed E-state index contributed by atoms with van der Waals surface area (Å²) in [6.07, 6.45) is 7.54. The minimum Gasteiger partial charge on any atom is -0.356 e. The number of nitrogens with one attached hydrogen (secondary N) is 1. The molecule has 1 amide bonds. The highest BCUT2D eigenvalue weighted by Crippen LogP contribution is 2.35. The molecule has 5 nitrogen and oxygen atoms in total. The maximum Gasteiger partial charge on any atom is 0.261 e. The number of anilines is 1. The molecule has 0 spiro atoms. The van der Waals surface area contributed by atoms with Crippen molar-refractivity contribution in [2.45, 2.75) is 58.9 Å². The average Bonchev–Trinajstić information content (AvgIpc) is 2.77. The Morgan fingerprint density at radius 2 is 2.00 bits per heavy atom. The Morgan fingerprint density at radius 1 is 1.29 bits per heavy atom. The van der Waals surface area contributed by atoms with E-state index in [4.69, 9.17) is 0 Å². The summed E-state index contributed by atoms with van der Waals surface area (Å²) in [7, 11) is 0. The molecule has 0 radical (unpaired) electrons. The van der Waals surface area contributed by atoms with Gasteiger partial charge in [-0.05, 0) is 38.7 Å². The Morgan fingerprint density at radius 3 is 2.67 bits per heavy atom. The van der Waals surface area contributed by atoms with Gasteiger partial charge >= 0.3 is 0 Å². The number of thiophene rings is 1. The number of hydrogen-bond acceptors (Lipinski definition) is 5. The summed E-state index contributed by atoms with van der Waals surface area (Å²) in [4.78, 5) is 25.6. The lowest BCUT2D eigenvalue weighted by Crippen LogP contribution is -2.31. The summed E-state index contributed by atoms with van der Waals surface area (Å²) >= 11 is 1.48. The van der Waals surface area contributed by atoms with Gasteiger partial charge < -0.3 is 10.2 Å². The first-order chi connectivity index (χ1) is 11.6. The van der Waals surface area contributed by atoms with Crippen LogP contribution < -0.4 is 10.2 Å². The first-order valence-corrected chi connectivity index (χ1v) is 9.73. The molecule has 3 heterocycles. The number of rotatable bonds is 4. The maximum atomic E-state index is 12.6. The van der Waals surface area contributed by atoms with Gasteiger partial charge in [0, 0.05) is 19.1 Å². The number of carbonyl (C=O) groups is 1. The second kappa shape index (κ2) is 7.47. The van der Waals surface area contributed by atoms with E-state index < -0.39 is 0 Å². The van der Waals surface area contributed by atoms with Gasteiger partial charge in [0.15, 0.2) is 0 Å². The lowest BCUT2D eigenvalue weighted by atomic mass is 10.1. The summed E-state index contributed by atoms with van der Waals surface area (Å²) in [6, 6.07) is 0.179. The molecule has 1 fully saturated rings. The van der Waals surface area contributed by atoms with E-state index in [9.17, 15) is 4.79 Å². The molecule has 1 N–H and O–H groups in total. The van der Waals surface area contributed by atoms with Gasteiger partial charge in [-0.25, -0.2) is 9.97 Å². The van der Waals surface area contributed by atoms with Crippen LogP contribution in [0.1, 0.15) is 61.2 Å². The second-order valence-electron chi connectivity index (χ2n) is 6.62. The molecule has 3 rings (SSSR count). The number of carbonyl (C=O) groups excluding carboxylic acids is 1. The van der Waals surface area contributed by atoms with Crippen LogP contribution in [0.4, 0.5) is 5.82 Å². The van der Waals surface area contributed by atoms with Crippen LogP contribution in [0.3, 0.4) is 0 Å². The maximum absolute atomic E-state index is 12.6. The monoisotopic (exact) mass is 346 g/mol. The minimum absolute atomic E-state index is 0.00617. The lowest BCUT2D eigenvalue weighted by molar-refractivity contribution is 0.0943. The Kier molecular flexibility index (Phi) is 5.33. The third-order valence-electron chi connectivity index (χ3n) is 4.81. The molecule has 1 saturated heterocycles. The summed E-state index contributed by atoms with van der Waals surface area (Å²) in [5.41, 5.74) is 1.01. The van der Waals surface area contributed by atoms with E-state index in [1.54, 1.807) is 6.33 Å². The van der Waals surface area contributed by atoms with Crippen molar-refractivity contribution in [3.8, 4) is 0 Å². The highest BCUT2D eigenvalue weighted by Gasteiger charge is 2.22. The van der Waals surface area contributed by atoms with Gasteiger partial charge in [-0.2, -0.15) is 0 Å².